The quantitative estimate of drug-likeness (QED) is 0.676. The van der Waals surface area contributed by atoms with Crippen molar-refractivity contribution in [3.8, 4) is 0 Å². The zero-order valence-corrected chi connectivity index (χ0v) is 13.8. The Kier molecular flexibility index (Phi) is 6.26. The molecule has 3 aromatic carbocycles. The second-order valence-electron chi connectivity index (χ2n) is 5.36. The van der Waals surface area contributed by atoms with Gasteiger partial charge in [-0.3, -0.25) is 0 Å². The van der Waals surface area contributed by atoms with Crippen LogP contribution in [0.4, 0.5) is 0 Å². The highest BCUT2D eigenvalue weighted by molar-refractivity contribution is 5.93. The molecule has 3 rings (SSSR count). The summed E-state index contributed by atoms with van der Waals surface area (Å²) in [7, 11) is 1.97. The Labute approximate surface area is 145 Å². The molecule has 3 aromatic rings. The van der Waals surface area contributed by atoms with Gasteiger partial charge in [0.2, 0.25) is 0 Å². The fraction of sp³-hybridized carbons (Fsp3) is 0.100. The van der Waals surface area contributed by atoms with Crippen LogP contribution in [-0.4, -0.2) is 29.2 Å². The molecule has 0 aliphatic rings. The number of carbonyl (C=O) groups is 2. The maximum atomic E-state index is 10.4. The number of hydrogen-bond acceptors (Lipinski definition) is 3. The van der Waals surface area contributed by atoms with E-state index in [4.69, 9.17) is 10.2 Å². The molecule has 0 aliphatic carbocycles. The van der Waals surface area contributed by atoms with Crippen LogP contribution < -0.4 is 5.32 Å². The lowest BCUT2D eigenvalue weighted by atomic mass is 10.0. The Morgan fingerprint density at radius 2 is 1.40 bits per heavy atom. The summed E-state index contributed by atoms with van der Waals surface area (Å²) in [5, 5.41) is 22.8. The van der Waals surface area contributed by atoms with E-state index < -0.39 is 11.9 Å². The first kappa shape index (κ1) is 18.2. The average Bonchev–Trinajstić information content (AvgIpc) is 2.63. The summed E-state index contributed by atoms with van der Waals surface area (Å²) in [6.07, 6.45) is 0. The average molecular weight is 337 g/mol. The highest BCUT2D eigenvalue weighted by atomic mass is 16.4. The molecule has 3 N–H and O–H groups in total. The molecule has 0 radical (unpaired) electrons. The van der Waals surface area contributed by atoms with E-state index in [1.54, 1.807) is 0 Å². The minimum absolute atomic E-state index is 0.0186. The molecular weight excluding hydrogens is 318 g/mol. The first-order valence-electron chi connectivity index (χ1n) is 7.71. The molecule has 0 spiro atoms. The third kappa shape index (κ3) is 4.89. The number of benzene rings is 3. The van der Waals surface area contributed by atoms with Gasteiger partial charge in [0.25, 0.3) is 0 Å². The van der Waals surface area contributed by atoms with Gasteiger partial charge in [-0.1, -0.05) is 48.5 Å². The normalized spacial score (nSPS) is 9.96. The van der Waals surface area contributed by atoms with Gasteiger partial charge in [-0.15, -0.1) is 0 Å². The van der Waals surface area contributed by atoms with Crippen molar-refractivity contribution in [1.29, 1.82) is 0 Å². The Morgan fingerprint density at radius 3 is 2.00 bits per heavy atom. The fourth-order valence-electron chi connectivity index (χ4n) is 2.42. The van der Waals surface area contributed by atoms with Gasteiger partial charge in [-0.25, -0.2) is 9.59 Å². The summed E-state index contributed by atoms with van der Waals surface area (Å²) in [6.45, 7) is 0.932. The second kappa shape index (κ2) is 8.61. The fourth-order valence-corrected chi connectivity index (χ4v) is 2.42. The van der Waals surface area contributed by atoms with Gasteiger partial charge in [-0.05, 0) is 41.6 Å². The van der Waals surface area contributed by atoms with Gasteiger partial charge in [0.05, 0.1) is 11.1 Å². The Hall–Kier alpha value is -3.18. The lowest BCUT2D eigenvalue weighted by Gasteiger charge is -2.04. The molecule has 0 aliphatic heterocycles. The lowest BCUT2D eigenvalue weighted by molar-refractivity contribution is 0.0696. The number of hydrogen-bond donors (Lipinski definition) is 3. The summed E-state index contributed by atoms with van der Waals surface area (Å²) < 4.78 is 0. The van der Waals surface area contributed by atoms with E-state index in [0.717, 1.165) is 12.6 Å². The van der Waals surface area contributed by atoms with Crippen LogP contribution in [0.15, 0.2) is 66.7 Å². The van der Waals surface area contributed by atoms with Crippen molar-refractivity contribution in [3.05, 3.63) is 83.4 Å². The highest BCUT2D eigenvalue weighted by Crippen LogP contribution is 2.17. The van der Waals surface area contributed by atoms with E-state index in [0.29, 0.717) is 0 Å². The molecular formula is C20H19NO4. The summed E-state index contributed by atoms with van der Waals surface area (Å²) in [4.78, 5) is 20.8. The van der Waals surface area contributed by atoms with Gasteiger partial charge >= 0.3 is 11.9 Å². The molecule has 0 saturated heterocycles. The number of fused-ring (bicyclic) bond motifs is 1. The molecule has 0 heterocycles. The Bertz CT molecular complexity index is 855. The standard InChI is InChI=1S/C12H13N.C8H6O4/c1-13-9-11-7-4-6-10-5-2-3-8-12(10)11;9-7(10)5-2-1-3-6(4-5)8(11)12/h2-8,13H,9H2,1H3;1-4H,(H,9,10)(H,11,12). The molecule has 0 unspecified atom stereocenters. The summed E-state index contributed by atoms with van der Waals surface area (Å²) in [5.74, 6) is -2.25. The SMILES string of the molecule is CNCc1cccc2ccccc12.O=C(O)c1cccc(C(=O)O)c1. The first-order chi connectivity index (χ1) is 12.0. The minimum atomic E-state index is -1.13. The van der Waals surface area contributed by atoms with Crippen LogP contribution in [0.5, 0.6) is 0 Å². The molecule has 5 heteroatoms. The molecule has 128 valence electrons. The van der Waals surface area contributed by atoms with Crippen LogP contribution >= 0.6 is 0 Å². The van der Waals surface area contributed by atoms with Crippen molar-refractivity contribution < 1.29 is 19.8 Å². The zero-order chi connectivity index (χ0) is 18.2. The van der Waals surface area contributed by atoms with E-state index >= 15 is 0 Å². The third-order valence-electron chi connectivity index (χ3n) is 3.60. The molecule has 0 saturated carbocycles. The minimum Gasteiger partial charge on any atom is -0.478 e. The summed E-state index contributed by atoms with van der Waals surface area (Å²) in [5.41, 5.74) is 1.32. The van der Waals surface area contributed by atoms with Crippen molar-refractivity contribution in [2.75, 3.05) is 7.05 Å². The molecule has 0 fully saturated rings. The van der Waals surface area contributed by atoms with Gasteiger partial charge in [0.1, 0.15) is 0 Å². The van der Waals surface area contributed by atoms with E-state index in [2.05, 4.69) is 47.8 Å². The van der Waals surface area contributed by atoms with Crippen LogP contribution in [0.3, 0.4) is 0 Å². The molecule has 0 aromatic heterocycles. The molecule has 5 nitrogen and oxygen atoms in total. The second-order valence-corrected chi connectivity index (χ2v) is 5.36. The Morgan fingerprint density at radius 1 is 0.840 bits per heavy atom. The van der Waals surface area contributed by atoms with Gasteiger partial charge < -0.3 is 15.5 Å². The maximum absolute atomic E-state index is 10.4. The first-order valence-corrected chi connectivity index (χ1v) is 7.71. The number of carboxylic acids is 2. The van der Waals surface area contributed by atoms with Gasteiger partial charge in [0, 0.05) is 6.54 Å². The molecule has 0 amide bonds. The van der Waals surface area contributed by atoms with Crippen molar-refractivity contribution >= 4 is 22.7 Å². The lowest BCUT2D eigenvalue weighted by Crippen LogP contribution is -2.05. The Balaban J connectivity index is 0.000000181. The number of aromatic carboxylic acids is 2. The summed E-state index contributed by atoms with van der Waals surface area (Å²) >= 11 is 0. The van der Waals surface area contributed by atoms with E-state index in [-0.39, 0.29) is 11.1 Å². The summed E-state index contributed by atoms with van der Waals surface area (Å²) in [6, 6.07) is 20.1. The number of rotatable bonds is 4. The molecule has 25 heavy (non-hydrogen) atoms. The van der Waals surface area contributed by atoms with Crippen molar-refractivity contribution in [2.45, 2.75) is 6.54 Å². The van der Waals surface area contributed by atoms with E-state index in [9.17, 15) is 9.59 Å². The van der Waals surface area contributed by atoms with Crippen LogP contribution in [0, 0.1) is 0 Å². The van der Waals surface area contributed by atoms with Crippen molar-refractivity contribution in [2.24, 2.45) is 0 Å². The number of carboxylic acid groups (broad SMARTS) is 2. The van der Waals surface area contributed by atoms with Crippen LogP contribution in [0.25, 0.3) is 10.8 Å². The third-order valence-corrected chi connectivity index (χ3v) is 3.60. The monoisotopic (exact) mass is 337 g/mol. The van der Waals surface area contributed by atoms with E-state index in [1.165, 1.54) is 34.5 Å². The highest BCUT2D eigenvalue weighted by Gasteiger charge is 2.06. The molecule has 0 bridgehead atoms. The van der Waals surface area contributed by atoms with E-state index in [1.807, 2.05) is 7.05 Å². The number of nitrogens with one attached hydrogen (secondary N) is 1. The predicted octanol–water partition coefficient (Wildman–Crippen LogP) is 3.64. The van der Waals surface area contributed by atoms with Crippen LogP contribution in [0.2, 0.25) is 0 Å². The smallest absolute Gasteiger partial charge is 0.335 e. The molecule has 0 atom stereocenters. The van der Waals surface area contributed by atoms with Crippen LogP contribution in [-0.2, 0) is 6.54 Å². The van der Waals surface area contributed by atoms with Gasteiger partial charge in [0.15, 0.2) is 0 Å². The van der Waals surface area contributed by atoms with Crippen molar-refractivity contribution in [1.82, 2.24) is 5.32 Å². The maximum Gasteiger partial charge on any atom is 0.335 e. The van der Waals surface area contributed by atoms with Crippen molar-refractivity contribution in [3.63, 3.8) is 0 Å². The van der Waals surface area contributed by atoms with Gasteiger partial charge in [-0.2, -0.15) is 0 Å². The zero-order valence-electron chi connectivity index (χ0n) is 13.8. The largest absolute Gasteiger partial charge is 0.478 e. The predicted molar refractivity (Wildman–Crippen MR) is 97.1 cm³/mol. The topological polar surface area (TPSA) is 86.6 Å². The van der Waals surface area contributed by atoms with Crippen LogP contribution in [0.1, 0.15) is 26.3 Å².